The molecule has 0 aromatic rings. The third kappa shape index (κ3) is 1.67. The minimum absolute atomic E-state index is 0.0324. The number of nitriles is 1. The van der Waals surface area contributed by atoms with Crippen molar-refractivity contribution in [3.63, 3.8) is 0 Å². The molecule has 9 heavy (non-hydrogen) atoms. The molecule has 0 N–H and O–H groups in total. The van der Waals surface area contributed by atoms with Crippen LogP contribution in [0.25, 0.3) is 0 Å². The van der Waals surface area contributed by atoms with E-state index in [4.69, 9.17) is 14.7 Å². The second-order valence-corrected chi connectivity index (χ2v) is 1.90. The predicted molar refractivity (Wildman–Crippen MR) is 30.0 cm³/mol. The van der Waals surface area contributed by atoms with Crippen LogP contribution in [-0.4, -0.2) is 12.7 Å². The fourth-order valence-electron chi connectivity index (χ4n) is 0.715. The minimum atomic E-state index is -0.0324. The highest BCUT2D eigenvalue weighted by atomic mass is 16.7. The molecule has 1 aliphatic rings. The van der Waals surface area contributed by atoms with Gasteiger partial charge in [0.15, 0.2) is 0 Å². The van der Waals surface area contributed by atoms with Gasteiger partial charge in [0.05, 0.1) is 25.2 Å². The van der Waals surface area contributed by atoms with E-state index in [1.165, 1.54) is 0 Å². The Morgan fingerprint density at radius 1 is 1.89 bits per heavy atom. The van der Waals surface area contributed by atoms with Gasteiger partial charge in [0.25, 0.3) is 0 Å². The van der Waals surface area contributed by atoms with Crippen molar-refractivity contribution in [3.05, 3.63) is 6.29 Å². The van der Waals surface area contributed by atoms with Gasteiger partial charge < -0.3 is 9.47 Å². The summed E-state index contributed by atoms with van der Waals surface area (Å²) in [5, 5.41) is 8.22. The van der Waals surface area contributed by atoms with Crippen molar-refractivity contribution in [3.8, 4) is 6.07 Å². The average Bonchev–Trinajstić information content (AvgIpc) is 2.17. The summed E-state index contributed by atoms with van der Waals surface area (Å²) >= 11 is 0. The standard InChI is InChI=1S/C6H8NO2/c1-5-8-4-6(9-5)2-3-7/h6H,2,4H2,1H3. The van der Waals surface area contributed by atoms with Gasteiger partial charge in [-0.2, -0.15) is 5.26 Å². The Bertz CT molecular complexity index is 130. The molecule has 1 aliphatic heterocycles. The molecule has 0 amide bonds. The fourth-order valence-corrected chi connectivity index (χ4v) is 0.715. The first-order valence-corrected chi connectivity index (χ1v) is 2.83. The highest BCUT2D eigenvalue weighted by Gasteiger charge is 2.22. The maximum Gasteiger partial charge on any atom is 0.220 e. The molecule has 49 valence electrons. The van der Waals surface area contributed by atoms with Crippen LogP contribution in [0.3, 0.4) is 0 Å². The SMILES string of the molecule is C[C]1OCC(CC#N)O1. The zero-order valence-electron chi connectivity index (χ0n) is 5.26. The molecule has 1 saturated heterocycles. The van der Waals surface area contributed by atoms with Crippen molar-refractivity contribution in [1.82, 2.24) is 0 Å². The van der Waals surface area contributed by atoms with Crippen LogP contribution in [0.15, 0.2) is 0 Å². The Morgan fingerprint density at radius 2 is 2.67 bits per heavy atom. The van der Waals surface area contributed by atoms with E-state index in [-0.39, 0.29) is 6.10 Å². The van der Waals surface area contributed by atoms with Crippen molar-refractivity contribution in [2.75, 3.05) is 6.61 Å². The first-order valence-electron chi connectivity index (χ1n) is 2.83. The monoisotopic (exact) mass is 126 g/mol. The molecule has 1 rings (SSSR count). The number of ether oxygens (including phenoxy) is 2. The molecule has 0 spiro atoms. The topological polar surface area (TPSA) is 42.2 Å². The smallest absolute Gasteiger partial charge is 0.220 e. The molecule has 1 radical (unpaired) electrons. The van der Waals surface area contributed by atoms with E-state index in [9.17, 15) is 0 Å². The van der Waals surface area contributed by atoms with E-state index in [1.807, 2.05) is 6.07 Å². The lowest BCUT2D eigenvalue weighted by atomic mass is 10.3. The van der Waals surface area contributed by atoms with Crippen LogP contribution in [0.1, 0.15) is 13.3 Å². The Hall–Kier alpha value is -0.590. The Morgan fingerprint density at radius 3 is 3.11 bits per heavy atom. The van der Waals surface area contributed by atoms with Crippen LogP contribution in [0.2, 0.25) is 0 Å². The molecule has 1 atom stereocenters. The summed E-state index contributed by atoms with van der Waals surface area (Å²) in [6.07, 6.45) is 0.961. The maximum atomic E-state index is 8.22. The quantitative estimate of drug-likeness (QED) is 0.522. The number of rotatable bonds is 1. The molecule has 0 saturated carbocycles. The summed E-state index contributed by atoms with van der Waals surface area (Å²) in [5.74, 6) is 0. The van der Waals surface area contributed by atoms with Gasteiger partial charge in [-0.1, -0.05) is 0 Å². The number of nitrogens with zero attached hydrogens (tertiary/aromatic N) is 1. The van der Waals surface area contributed by atoms with Crippen molar-refractivity contribution in [2.45, 2.75) is 19.4 Å². The largest absolute Gasteiger partial charge is 0.343 e. The van der Waals surface area contributed by atoms with Gasteiger partial charge in [0.2, 0.25) is 6.29 Å². The molecule has 0 aromatic carbocycles. The zero-order chi connectivity index (χ0) is 6.69. The van der Waals surface area contributed by atoms with Crippen molar-refractivity contribution >= 4 is 0 Å². The highest BCUT2D eigenvalue weighted by Crippen LogP contribution is 2.18. The summed E-state index contributed by atoms with van der Waals surface area (Å²) in [4.78, 5) is 0. The van der Waals surface area contributed by atoms with Gasteiger partial charge in [0.1, 0.15) is 0 Å². The fraction of sp³-hybridized carbons (Fsp3) is 0.667. The van der Waals surface area contributed by atoms with Crippen molar-refractivity contribution < 1.29 is 9.47 Å². The van der Waals surface area contributed by atoms with Crippen LogP contribution in [0, 0.1) is 17.6 Å². The molecule has 1 fully saturated rings. The van der Waals surface area contributed by atoms with Gasteiger partial charge in [-0.05, 0) is 6.92 Å². The molecular weight excluding hydrogens is 118 g/mol. The molecular formula is C6H8NO2. The third-order valence-electron chi connectivity index (χ3n) is 1.12. The first-order chi connectivity index (χ1) is 4.33. The first kappa shape index (κ1) is 6.53. The highest BCUT2D eigenvalue weighted by molar-refractivity contribution is 4.81. The van der Waals surface area contributed by atoms with Gasteiger partial charge in [-0.3, -0.25) is 0 Å². The summed E-state index contributed by atoms with van der Waals surface area (Å²) in [7, 11) is 0. The molecule has 0 aromatic heterocycles. The molecule has 1 heterocycles. The van der Waals surface area contributed by atoms with E-state index in [2.05, 4.69) is 0 Å². The summed E-state index contributed by atoms with van der Waals surface area (Å²) in [6, 6.07) is 2.01. The predicted octanol–water partition coefficient (Wildman–Crippen LogP) is 0.825. The summed E-state index contributed by atoms with van der Waals surface area (Å²) in [5.41, 5.74) is 0. The number of hydrogen-bond acceptors (Lipinski definition) is 3. The lowest BCUT2D eigenvalue weighted by molar-refractivity contribution is 0.0634. The van der Waals surface area contributed by atoms with Gasteiger partial charge >= 0.3 is 0 Å². The summed E-state index contributed by atoms with van der Waals surface area (Å²) in [6.45, 7) is 2.27. The van der Waals surface area contributed by atoms with Gasteiger partial charge in [-0.15, -0.1) is 0 Å². The van der Waals surface area contributed by atoms with Crippen LogP contribution in [0.5, 0.6) is 0 Å². The number of hydrogen-bond donors (Lipinski definition) is 0. The zero-order valence-corrected chi connectivity index (χ0v) is 5.26. The second-order valence-electron chi connectivity index (χ2n) is 1.90. The normalized spacial score (nSPS) is 28.2. The van der Waals surface area contributed by atoms with Crippen LogP contribution >= 0.6 is 0 Å². The van der Waals surface area contributed by atoms with Crippen LogP contribution in [-0.2, 0) is 9.47 Å². The average molecular weight is 126 g/mol. The van der Waals surface area contributed by atoms with Crippen LogP contribution in [0.4, 0.5) is 0 Å². The van der Waals surface area contributed by atoms with Gasteiger partial charge in [-0.25, -0.2) is 0 Å². The van der Waals surface area contributed by atoms with E-state index in [0.717, 1.165) is 0 Å². The second kappa shape index (κ2) is 2.81. The molecule has 1 unspecified atom stereocenters. The van der Waals surface area contributed by atoms with E-state index in [1.54, 1.807) is 6.92 Å². The van der Waals surface area contributed by atoms with Crippen molar-refractivity contribution in [2.24, 2.45) is 0 Å². The molecule has 0 bridgehead atoms. The lowest BCUT2D eigenvalue weighted by Gasteiger charge is -1.99. The van der Waals surface area contributed by atoms with Crippen LogP contribution < -0.4 is 0 Å². The van der Waals surface area contributed by atoms with E-state index >= 15 is 0 Å². The molecule has 0 aliphatic carbocycles. The van der Waals surface area contributed by atoms with E-state index in [0.29, 0.717) is 19.3 Å². The third-order valence-corrected chi connectivity index (χ3v) is 1.12. The molecule has 3 nitrogen and oxygen atoms in total. The Balaban J connectivity index is 2.24. The van der Waals surface area contributed by atoms with Gasteiger partial charge in [0, 0.05) is 0 Å². The Labute approximate surface area is 54.2 Å². The maximum absolute atomic E-state index is 8.22. The van der Waals surface area contributed by atoms with Crippen molar-refractivity contribution in [1.29, 1.82) is 5.26 Å². The molecule has 3 heteroatoms. The van der Waals surface area contributed by atoms with E-state index < -0.39 is 0 Å². The minimum Gasteiger partial charge on any atom is -0.343 e. The lowest BCUT2D eigenvalue weighted by Crippen LogP contribution is -2.07. The summed E-state index contributed by atoms with van der Waals surface area (Å²) < 4.78 is 10.0. The Kier molecular flexibility index (Phi) is 2.04.